The van der Waals surface area contributed by atoms with Crippen molar-refractivity contribution in [2.75, 3.05) is 38.2 Å². The Labute approximate surface area is 196 Å². The van der Waals surface area contributed by atoms with Gasteiger partial charge in [-0.1, -0.05) is 26.0 Å². The number of imide groups is 1. The lowest BCUT2D eigenvalue weighted by molar-refractivity contribution is -0.152. The number of anilines is 1. The van der Waals surface area contributed by atoms with Crippen LogP contribution in [0.25, 0.3) is 0 Å². The smallest absolute Gasteiger partial charge is 0.245 e. The zero-order valence-electron chi connectivity index (χ0n) is 19.9. The molecule has 3 aliphatic rings. The molecule has 1 aliphatic carbocycles. The van der Waals surface area contributed by atoms with Gasteiger partial charge in [0.1, 0.15) is 11.8 Å². The third-order valence-electron chi connectivity index (χ3n) is 7.08. The summed E-state index contributed by atoms with van der Waals surface area (Å²) in [4.78, 5) is 45.6. The van der Waals surface area contributed by atoms with Gasteiger partial charge in [-0.15, -0.1) is 0 Å². The molecule has 0 spiro atoms. The van der Waals surface area contributed by atoms with Crippen molar-refractivity contribution in [2.45, 2.75) is 45.6 Å². The van der Waals surface area contributed by atoms with Crippen molar-refractivity contribution in [3.63, 3.8) is 0 Å². The van der Waals surface area contributed by atoms with Gasteiger partial charge in [0, 0.05) is 31.9 Å². The summed E-state index contributed by atoms with van der Waals surface area (Å²) in [5.74, 6) is -0.0142. The van der Waals surface area contributed by atoms with Crippen LogP contribution in [0, 0.1) is 17.8 Å². The fraction of sp³-hybridized carbons (Fsp3) is 0.577. The van der Waals surface area contributed by atoms with Crippen molar-refractivity contribution in [3.05, 3.63) is 36.4 Å². The maximum atomic E-state index is 13.7. The van der Waals surface area contributed by atoms with Crippen LogP contribution in [0.2, 0.25) is 0 Å². The van der Waals surface area contributed by atoms with E-state index in [0.717, 1.165) is 24.4 Å². The lowest BCUT2D eigenvalue weighted by atomic mass is 9.85. The number of methoxy groups -OCH3 is 1. The Morgan fingerprint density at radius 1 is 0.970 bits per heavy atom. The molecule has 178 valence electrons. The number of fused-ring (bicyclic) bond motifs is 1. The van der Waals surface area contributed by atoms with Gasteiger partial charge in [0.25, 0.3) is 0 Å². The molecule has 0 aromatic heterocycles. The number of amides is 3. The summed E-state index contributed by atoms with van der Waals surface area (Å²) in [5.41, 5.74) is 1.10. The van der Waals surface area contributed by atoms with Crippen molar-refractivity contribution in [3.8, 4) is 5.75 Å². The standard InChI is InChI=1S/C26H35N3O4/c1-18(2)17-23(29-24(30)21-7-4-5-8-22(21)25(29)31)26(32)28-14-6-13-27(15-16-28)19-9-11-20(33-3)12-10-19/h4-5,9-12,18,21-23H,6-8,13-17H2,1-3H3. The molecule has 1 aromatic carbocycles. The molecule has 3 amide bonds. The van der Waals surface area contributed by atoms with E-state index in [0.29, 0.717) is 38.9 Å². The fourth-order valence-corrected chi connectivity index (χ4v) is 5.30. The molecule has 0 bridgehead atoms. The average molecular weight is 454 g/mol. The zero-order chi connectivity index (χ0) is 23.5. The first kappa shape index (κ1) is 23.3. The molecule has 2 heterocycles. The monoisotopic (exact) mass is 453 g/mol. The molecule has 3 atom stereocenters. The van der Waals surface area contributed by atoms with E-state index >= 15 is 0 Å². The number of likely N-dealkylation sites (tertiary alicyclic amines) is 1. The highest BCUT2D eigenvalue weighted by Gasteiger charge is 2.51. The summed E-state index contributed by atoms with van der Waals surface area (Å²) < 4.78 is 5.25. The number of nitrogens with zero attached hydrogens (tertiary/aromatic N) is 3. The maximum absolute atomic E-state index is 13.7. The second-order valence-corrected chi connectivity index (χ2v) is 9.71. The van der Waals surface area contributed by atoms with Crippen molar-refractivity contribution in [1.29, 1.82) is 0 Å². The predicted molar refractivity (Wildman–Crippen MR) is 127 cm³/mol. The van der Waals surface area contributed by atoms with Crippen LogP contribution in [-0.2, 0) is 14.4 Å². The van der Waals surface area contributed by atoms with Crippen LogP contribution >= 0.6 is 0 Å². The van der Waals surface area contributed by atoms with Gasteiger partial charge in [0.2, 0.25) is 17.7 Å². The van der Waals surface area contributed by atoms with Crippen molar-refractivity contribution >= 4 is 23.4 Å². The van der Waals surface area contributed by atoms with Gasteiger partial charge in [-0.25, -0.2) is 0 Å². The van der Waals surface area contributed by atoms with E-state index in [9.17, 15) is 14.4 Å². The zero-order valence-corrected chi connectivity index (χ0v) is 19.9. The Hall–Kier alpha value is -2.83. The topological polar surface area (TPSA) is 70.2 Å². The van der Waals surface area contributed by atoms with E-state index in [2.05, 4.69) is 4.90 Å². The van der Waals surface area contributed by atoms with Gasteiger partial charge >= 0.3 is 0 Å². The second-order valence-electron chi connectivity index (χ2n) is 9.71. The van der Waals surface area contributed by atoms with Gasteiger partial charge in [-0.2, -0.15) is 0 Å². The van der Waals surface area contributed by atoms with Gasteiger partial charge in [0.05, 0.1) is 18.9 Å². The third-order valence-corrected chi connectivity index (χ3v) is 7.08. The Morgan fingerprint density at radius 2 is 1.61 bits per heavy atom. The first-order valence-electron chi connectivity index (χ1n) is 12.1. The van der Waals surface area contributed by atoms with Gasteiger partial charge < -0.3 is 14.5 Å². The molecule has 0 radical (unpaired) electrons. The summed E-state index contributed by atoms with van der Waals surface area (Å²) in [5, 5.41) is 0. The van der Waals surface area contributed by atoms with Crippen LogP contribution in [0.4, 0.5) is 5.69 Å². The molecular formula is C26H35N3O4. The maximum Gasteiger partial charge on any atom is 0.245 e. The molecule has 1 aromatic rings. The van der Waals surface area contributed by atoms with Crippen LogP contribution in [0.1, 0.15) is 39.5 Å². The van der Waals surface area contributed by atoms with Crippen LogP contribution in [0.3, 0.4) is 0 Å². The molecule has 0 saturated carbocycles. The average Bonchev–Trinajstić information content (AvgIpc) is 2.98. The number of hydrogen-bond acceptors (Lipinski definition) is 5. The Morgan fingerprint density at radius 3 is 2.18 bits per heavy atom. The quantitative estimate of drug-likeness (QED) is 0.489. The third kappa shape index (κ3) is 4.77. The summed E-state index contributed by atoms with van der Waals surface area (Å²) >= 11 is 0. The fourth-order valence-electron chi connectivity index (χ4n) is 5.30. The number of ether oxygens (including phenoxy) is 1. The lowest BCUT2D eigenvalue weighted by Gasteiger charge is -2.32. The van der Waals surface area contributed by atoms with Crippen LogP contribution < -0.4 is 9.64 Å². The molecule has 3 unspecified atom stereocenters. The molecule has 33 heavy (non-hydrogen) atoms. The van der Waals surface area contributed by atoms with Crippen molar-refractivity contribution in [1.82, 2.24) is 9.80 Å². The van der Waals surface area contributed by atoms with Crippen LogP contribution in [0.15, 0.2) is 36.4 Å². The van der Waals surface area contributed by atoms with E-state index in [1.54, 1.807) is 7.11 Å². The van der Waals surface area contributed by atoms with E-state index in [-0.39, 0.29) is 35.5 Å². The summed E-state index contributed by atoms with van der Waals surface area (Å²) in [6.07, 6.45) is 6.49. The summed E-state index contributed by atoms with van der Waals surface area (Å²) in [6, 6.07) is 7.26. The number of allylic oxidation sites excluding steroid dienone is 2. The van der Waals surface area contributed by atoms with E-state index in [1.807, 2.05) is 55.2 Å². The molecule has 4 rings (SSSR count). The highest BCUT2D eigenvalue weighted by molar-refractivity contribution is 6.08. The molecule has 2 aliphatic heterocycles. The molecular weight excluding hydrogens is 418 g/mol. The first-order valence-corrected chi connectivity index (χ1v) is 12.1. The summed E-state index contributed by atoms with van der Waals surface area (Å²) in [7, 11) is 1.65. The highest BCUT2D eigenvalue weighted by atomic mass is 16.5. The number of benzene rings is 1. The second kappa shape index (κ2) is 9.98. The summed E-state index contributed by atoms with van der Waals surface area (Å²) in [6.45, 7) is 6.84. The van der Waals surface area contributed by atoms with E-state index < -0.39 is 6.04 Å². The lowest BCUT2D eigenvalue weighted by Crippen LogP contribution is -2.52. The number of rotatable bonds is 6. The predicted octanol–water partition coefficient (Wildman–Crippen LogP) is 3.10. The van der Waals surface area contributed by atoms with Crippen LogP contribution in [-0.4, -0.2) is 66.9 Å². The van der Waals surface area contributed by atoms with Crippen molar-refractivity contribution < 1.29 is 19.1 Å². The minimum Gasteiger partial charge on any atom is -0.497 e. The first-order chi connectivity index (χ1) is 15.9. The Balaban J connectivity index is 1.49. The number of carbonyl (C=O) groups excluding carboxylic acids is 3. The van der Waals surface area contributed by atoms with E-state index in [4.69, 9.17) is 4.74 Å². The molecule has 0 N–H and O–H groups in total. The minimum absolute atomic E-state index is 0.0893. The Bertz CT molecular complexity index is 885. The molecule has 7 heteroatoms. The van der Waals surface area contributed by atoms with Gasteiger partial charge in [-0.3, -0.25) is 19.3 Å². The van der Waals surface area contributed by atoms with Crippen molar-refractivity contribution in [2.24, 2.45) is 17.8 Å². The molecule has 2 fully saturated rings. The van der Waals surface area contributed by atoms with Gasteiger partial charge in [-0.05, 0) is 55.9 Å². The normalized spacial score (nSPS) is 24.2. The van der Waals surface area contributed by atoms with Crippen LogP contribution in [0.5, 0.6) is 5.75 Å². The SMILES string of the molecule is COc1ccc(N2CCCN(C(=O)C(CC(C)C)N3C(=O)C4CC=CCC4C3=O)CC2)cc1. The number of hydrogen-bond donors (Lipinski definition) is 0. The number of carbonyl (C=O) groups is 3. The minimum atomic E-state index is -0.705. The van der Waals surface area contributed by atoms with Gasteiger partial charge in [0.15, 0.2) is 0 Å². The Kier molecular flexibility index (Phi) is 7.05. The van der Waals surface area contributed by atoms with E-state index in [1.165, 1.54) is 4.90 Å². The molecule has 7 nitrogen and oxygen atoms in total. The molecule has 2 saturated heterocycles. The largest absolute Gasteiger partial charge is 0.497 e. The highest BCUT2D eigenvalue weighted by Crippen LogP contribution is 2.37.